The van der Waals surface area contributed by atoms with E-state index in [0.717, 1.165) is 27.8 Å². The van der Waals surface area contributed by atoms with Gasteiger partial charge in [-0.15, -0.1) is 15.3 Å². The van der Waals surface area contributed by atoms with Crippen LogP contribution in [0.5, 0.6) is 0 Å². The number of hydrogen-bond acceptors (Lipinski definition) is 51. The van der Waals surface area contributed by atoms with Gasteiger partial charge < -0.3 is 165 Å². The number of amides is 2. The number of ether oxygens (including phenoxy) is 7. The molecule has 7 unspecified atom stereocenters. The molecule has 0 aromatic carbocycles. The Bertz CT molecular complexity index is 5790. The second-order valence-corrected chi connectivity index (χ2v) is 31.5. The molecule has 7 aliphatic heterocycles. The van der Waals surface area contributed by atoms with Crippen molar-refractivity contribution >= 4 is 11.8 Å². The van der Waals surface area contributed by atoms with E-state index >= 15 is 0 Å². The lowest BCUT2D eigenvalue weighted by Gasteiger charge is -2.14. The molecule has 0 spiro atoms. The van der Waals surface area contributed by atoms with Crippen molar-refractivity contribution < 1.29 is 164 Å². The maximum absolute atomic E-state index is 11.2. The quantitative estimate of drug-likeness (QED) is 0.0283. The number of nitrogens with one attached hydrogen (secondary N) is 3. The number of carbonyl (C=O) groups excluding carboxylic acids is 2. The molecule has 28 atom stereocenters. The third-order valence-electron chi connectivity index (χ3n) is 22.3. The van der Waals surface area contributed by atoms with E-state index in [1.807, 2.05) is 13.2 Å². The van der Waals surface area contributed by atoms with Crippen molar-refractivity contribution in [2.45, 2.75) is 172 Å². The van der Waals surface area contributed by atoms with Gasteiger partial charge in [-0.25, -0.2) is 47.7 Å². The van der Waals surface area contributed by atoms with Crippen LogP contribution in [-0.2, 0) is 40.2 Å². The Morgan fingerprint density at radius 1 is 0.386 bits per heavy atom. The number of aryl methyl sites for hydroxylation is 1. The van der Waals surface area contributed by atoms with Crippen LogP contribution in [0.4, 0.5) is 0 Å². The fourth-order valence-electron chi connectivity index (χ4n) is 14.8. The first-order chi connectivity index (χ1) is 67.4. The molecule has 7 aliphatic rings. The zero-order valence-corrected chi connectivity index (χ0v) is 72.4. The van der Waals surface area contributed by atoms with Crippen LogP contribution < -0.4 is 11.5 Å². The van der Waals surface area contributed by atoms with E-state index in [-0.39, 0.29) is 67.4 Å². The van der Waals surface area contributed by atoms with Gasteiger partial charge in [0.15, 0.2) is 60.7 Å². The molecule has 7 fully saturated rings. The lowest BCUT2D eigenvalue weighted by atomic mass is 10.1. The van der Waals surface area contributed by atoms with Gasteiger partial charge in [-0.1, -0.05) is 15.5 Å². The predicted octanol–water partition coefficient (Wildman–Crippen LogP) is -11.2. The SMILES string of the molecule is Cn1cc(-c2ccn([C@@H]3O[C@H](CO)C(O)[C@@H]3O)n2)cn1.NC(=O)c1cc(-c2ncn([C@@H]3O[C@H](CO)C(O)[C@@H]3O)n2)no1.NC(=O)c1conc1-c1ncn([C@@H]2O[C@H](CO)C(O)[C@@H]2O)n1.OC[C@H]1O[C@@H](n2ccc(-c3ccn[nH]3)n2)[C@@H](O)C1O.OC[C@H]1O[C@@H](n2ccc(-c3cn[nH]c3)n2)[C@@H](O)C1O.OC[C@H]1O[C@@H](n2ccc(-c3cn[nH]n3)n2)[C@@H](O)C1O.OC[C@H]1O[C@@H](n2cnc(-c3ccon3)n2)[C@@H](O)C1O. The first kappa shape index (κ1) is 101. The predicted molar refractivity (Wildman–Crippen MR) is 446 cm³/mol. The van der Waals surface area contributed by atoms with Gasteiger partial charge in [-0.05, 0) is 30.3 Å². The van der Waals surface area contributed by atoms with E-state index in [2.05, 4.69) is 116 Å². The summed E-state index contributed by atoms with van der Waals surface area (Å²) in [5.41, 5.74) is 16.5. The normalized spacial score (nSPS) is 29.9. The summed E-state index contributed by atoms with van der Waals surface area (Å²) in [5.74, 6) is -1.19. The highest BCUT2D eigenvalue weighted by atomic mass is 16.6. The number of H-pyrrole nitrogens is 3. The van der Waals surface area contributed by atoms with Gasteiger partial charge in [0.25, 0.3) is 11.8 Å². The highest BCUT2D eigenvalue weighted by Gasteiger charge is 2.51. The Labute approximate surface area is 780 Å². The molecule has 2 amide bonds. The smallest absolute Gasteiger partial charge is 0.287 e. The molecule has 140 heavy (non-hydrogen) atoms. The van der Waals surface area contributed by atoms with Gasteiger partial charge >= 0.3 is 0 Å². The summed E-state index contributed by atoms with van der Waals surface area (Å²) in [6.07, 6.45) is -5.83. The van der Waals surface area contributed by atoms with Crippen LogP contribution in [0.3, 0.4) is 0 Å². The number of aliphatic hydroxyl groups excluding tert-OH is 21. The van der Waals surface area contributed by atoms with Crippen LogP contribution in [0.2, 0.25) is 0 Å². The lowest BCUT2D eigenvalue weighted by Crippen LogP contribution is -2.33. The van der Waals surface area contributed by atoms with Crippen LogP contribution in [0.1, 0.15) is 64.5 Å². The van der Waals surface area contributed by atoms with Gasteiger partial charge in [0.05, 0.1) is 81.9 Å². The largest absolute Gasteiger partial charge is 0.394 e. The van der Waals surface area contributed by atoms with Gasteiger partial charge in [0.2, 0.25) is 23.2 Å². The van der Waals surface area contributed by atoms with Crippen molar-refractivity contribution in [2.75, 3.05) is 46.2 Å². The Kier molecular flexibility index (Phi) is 32.2. The first-order valence-corrected chi connectivity index (χ1v) is 42.0. The Hall–Kier alpha value is -13.5. The van der Waals surface area contributed by atoms with Crippen molar-refractivity contribution in [3.05, 3.63) is 147 Å². The minimum absolute atomic E-state index is 0.0129. The topological polar surface area (TPSA) is 934 Å². The number of carbonyl (C=O) groups is 2. The summed E-state index contributed by atoms with van der Waals surface area (Å²) in [6.45, 7) is -2.72. The molecular weight excluding hydrogens is 1880 g/mol. The lowest BCUT2D eigenvalue weighted by molar-refractivity contribution is -0.0587. The molecule has 0 radical (unpaired) electrons. The summed E-state index contributed by atoms with van der Waals surface area (Å²) in [7, 11) is 1.81. The van der Waals surface area contributed by atoms with Crippen LogP contribution in [0, 0.1) is 0 Å². The molecule has 28 N–H and O–H groups in total. The molecule has 14 aromatic rings. The minimum Gasteiger partial charge on any atom is -0.394 e. The number of nitrogens with zero attached hydrogens (tertiary/aromatic N) is 26. The highest BCUT2D eigenvalue weighted by Crippen LogP contribution is 2.38. The molecule has 752 valence electrons. The summed E-state index contributed by atoms with van der Waals surface area (Å²) < 4.78 is 62.5. The maximum Gasteiger partial charge on any atom is 0.287 e. The fraction of sp³-hybridized carbons (Fsp3) is 0.474. The molecule has 64 nitrogen and oxygen atoms in total. The number of rotatable bonds is 23. The number of aromatic nitrogens is 29. The number of nitrogens with two attached hydrogens (primary N) is 2. The molecule has 0 saturated carbocycles. The van der Waals surface area contributed by atoms with Crippen LogP contribution >= 0.6 is 0 Å². The van der Waals surface area contributed by atoms with Crippen molar-refractivity contribution in [1.82, 2.24) is 144 Å². The summed E-state index contributed by atoms with van der Waals surface area (Å²) in [5, 5.41) is 268. The molecule has 7 saturated heterocycles. The summed E-state index contributed by atoms with van der Waals surface area (Å²) in [6, 6.07) is 11.6. The molecule has 0 bridgehead atoms. The molecule has 21 heterocycles. The number of aromatic amines is 3. The molecular formula is C76H95N31O33. The minimum atomic E-state index is -1.29. The van der Waals surface area contributed by atoms with Gasteiger partial charge in [0.1, 0.15) is 182 Å². The highest BCUT2D eigenvalue weighted by molar-refractivity contribution is 5.97. The average Bonchev–Trinajstić information content (AvgIpc) is 1.67. The van der Waals surface area contributed by atoms with E-state index in [0.29, 0.717) is 40.0 Å². The number of hydrogen-bond donors (Lipinski definition) is 26. The van der Waals surface area contributed by atoms with E-state index in [4.69, 9.17) is 84.9 Å². The molecule has 14 aromatic heterocycles. The summed E-state index contributed by atoms with van der Waals surface area (Å²) in [4.78, 5) is 34.1. The van der Waals surface area contributed by atoms with Crippen molar-refractivity contribution in [3.8, 4) is 79.8 Å². The van der Waals surface area contributed by atoms with Crippen molar-refractivity contribution in [2.24, 2.45) is 18.5 Å². The molecule has 64 heteroatoms. The third-order valence-corrected chi connectivity index (χ3v) is 22.3. The summed E-state index contributed by atoms with van der Waals surface area (Å²) >= 11 is 0. The van der Waals surface area contributed by atoms with Crippen LogP contribution in [0.15, 0.2) is 150 Å². The monoisotopic (exact) mass is 1970 g/mol. The third kappa shape index (κ3) is 21.7. The van der Waals surface area contributed by atoms with E-state index in [1.54, 1.807) is 90.7 Å². The molecule has 0 aliphatic carbocycles. The van der Waals surface area contributed by atoms with E-state index < -0.39 is 197 Å². The Morgan fingerprint density at radius 3 is 1.14 bits per heavy atom. The van der Waals surface area contributed by atoms with E-state index in [9.17, 15) is 81.1 Å². The zero-order valence-electron chi connectivity index (χ0n) is 72.4. The average molecular weight is 1970 g/mol. The zero-order chi connectivity index (χ0) is 99.6. The number of aliphatic hydroxyl groups is 21. The van der Waals surface area contributed by atoms with Crippen molar-refractivity contribution in [3.63, 3.8) is 0 Å². The first-order valence-electron chi connectivity index (χ1n) is 42.0. The van der Waals surface area contributed by atoms with Crippen molar-refractivity contribution in [1.29, 1.82) is 0 Å². The van der Waals surface area contributed by atoms with E-state index in [1.165, 1.54) is 65.6 Å². The maximum atomic E-state index is 11.2. The van der Waals surface area contributed by atoms with Crippen LogP contribution in [-0.4, -0.2) is 438 Å². The van der Waals surface area contributed by atoms with Crippen LogP contribution in [0.25, 0.3) is 79.8 Å². The van der Waals surface area contributed by atoms with Gasteiger partial charge in [-0.2, -0.15) is 51.1 Å². The molecule has 21 rings (SSSR count). The fourth-order valence-corrected chi connectivity index (χ4v) is 14.8. The standard InChI is InChI=1S/C12H16N4O4.2C11H13N5O6.2C11H14N4O4.C10H13N5O4.C10H12N4O5/c1-15-5-7(4-13-15)8-2-3-16(14-8)12-11(19)10(18)9(6-17)20-12;12-9(20)4-2-21-15-6(4)10-13-3-16(14-10)11-8(19)7(18)5(1-17)22-11;12-9(20)5-1-4(15-22-5)10-13-3-16(14-10)11-8(19)7(18)6(2-17)21-11;16-5-8-9(17)10(18)11(19-8)15-4-2-7(14-15)6-1-3-12-13-6;16-5-8-9(17)10(18)11(19-8)15-2-1-7(14-15)6-3-12-13-4-6;16-4-7-8(17)9(18)10(19-7)15-2-1-5(13-15)6-3-11-14-12-6;15-3-6-7(16)8(17)10(19-6)14-4-11-9(12-14)5-1-2-18-13-5/h2-5,9-12,17-19H,6H2,1H3;2-3,5,7-8,11,17-19H,1H2,(H2,12,20);1,3,6-8,11,17-19H,2H2,(H2,12,20);2*1-4,8-11,16-18H,5H2,(H,12,13);1-3,7-10,16-18H,4H2,(H,11,12,14);1-2,4,6-8,10,15-17H,3H2/t9-,10?,11+,12-;5-,7?,8+,11-;6-,7?,8+,11-;2*8-,9?,10+,11-;7-,8?,9+,10-;6-,7?,8+,10-/m1111111/s1. The number of primary amides is 2. The van der Waals surface area contributed by atoms with Gasteiger partial charge in [0, 0.05) is 73.7 Å². The van der Waals surface area contributed by atoms with Gasteiger partial charge in [-0.3, -0.25) is 24.5 Å². The second kappa shape index (κ2) is 44.7. The second-order valence-electron chi connectivity index (χ2n) is 31.5. The Morgan fingerprint density at radius 2 is 0.786 bits per heavy atom. The Balaban J connectivity index is 0.000000124.